The lowest BCUT2D eigenvalue weighted by Gasteiger charge is -2.01. The van der Waals surface area contributed by atoms with Gasteiger partial charge >= 0.3 is 5.97 Å². The summed E-state index contributed by atoms with van der Waals surface area (Å²) in [7, 11) is 0. The minimum Gasteiger partial charge on any atom is -0.464 e. The van der Waals surface area contributed by atoms with Crippen molar-refractivity contribution in [2.24, 2.45) is 0 Å². The Morgan fingerprint density at radius 3 is 2.95 bits per heavy atom. The fourth-order valence-corrected chi connectivity index (χ4v) is 1.46. The van der Waals surface area contributed by atoms with Crippen molar-refractivity contribution in [2.75, 3.05) is 13.2 Å². The van der Waals surface area contributed by atoms with Gasteiger partial charge in [0.15, 0.2) is 6.61 Å². The number of carbonyl (C=O) groups excluding carboxylic acids is 1. The van der Waals surface area contributed by atoms with Gasteiger partial charge in [-0.1, -0.05) is 9.94 Å². The highest BCUT2D eigenvalue weighted by Crippen LogP contribution is 2.21. The molecule has 0 radical (unpaired) electrons. The predicted molar refractivity (Wildman–Crippen MR) is 64.7 cm³/mol. The maximum Gasteiger partial charge on any atom is 0.344 e. The second-order valence-corrected chi connectivity index (χ2v) is 3.71. The van der Waals surface area contributed by atoms with Gasteiger partial charge in [-0.15, -0.1) is 0 Å². The molecule has 0 unspecified atom stereocenters. The van der Waals surface area contributed by atoms with Gasteiger partial charge < -0.3 is 14.7 Å². The normalized spacial score (nSPS) is 10.3. The molecule has 2 heterocycles. The maximum atomic E-state index is 12.8. The van der Waals surface area contributed by atoms with Crippen LogP contribution in [0.3, 0.4) is 0 Å². The van der Waals surface area contributed by atoms with Crippen LogP contribution in [0.25, 0.3) is 11.4 Å². The van der Waals surface area contributed by atoms with Crippen LogP contribution in [0.15, 0.2) is 24.4 Å². The minimum atomic E-state index is -0.540. The number of esters is 1. The molecule has 0 aliphatic heterocycles. The average molecular weight is 281 g/mol. The van der Waals surface area contributed by atoms with Crippen LogP contribution in [-0.2, 0) is 9.53 Å². The lowest BCUT2D eigenvalue weighted by Crippen LogP contribution is -2.14. The van der Waals surface area contributed by atoms with Crippen LogP contribution >= 0.6 is 0 Å². The molecule has 8 heteroatoms. The van der Waals surface area contributed by atoms with E-state index in [2.05, 4.69) is 14.8 Å². The van der Waals surface area contributed by atoms with Crippen LogP contribution in [0.2, 0.25) is 0 Å². The van der Waals surface area contributed by atoms with Gasteiger partial charge in [-0.05, 0) is 19.1 Å². The van der Waals surface area contributed by atoms with E-state index in [-0.39, 0.29) is 24.8 Å². The van der Waals surface area contributed by atoms with Crippen molar-refractivity contribution in [1.82, 2.24) is 14.9 Å². The Labute approximate surface area is 113 Å². The van der Waals surface area contributed by atoms with Gasteiger partial charge in [0, 0.05) is 6.07 Å². The van der Waals surface area contributed by atoms with Gasteiger partial charge in [0.05, 0.1) is 18.5 Å². The van der Waals surface area contributed by atoms with Crippen molar-refractivity contribution in [3.8, 4) is 17.3 Å². The van der Waals surface area contributed by atoms with Crippen molar-refractivity contribution >= 4 is 5.97 Å². The SMILES string of the molecule is CCOC(=O)COc1cc(-c2ccc(F)cn2)n(O)n1. The summed E-state index contributed by atoms with van der Waals surface area (Å²) in [4.78, 5) is 15.5. The van der Waals surface area contributed by atoms with Crippen LogP contribution in [0.5, 0.6) is 5.88 Å². The fourth-order valence-electron chi connectivity index (χ4n) is 1.46. The Hall–Kier alpha value is -2.64. The molecule has 0 aliphatic rings. The van der Waals surface area contributed by atoms with E-state index in [0.717, 1.165) is 6.20 Å². The third-order valence-electron chi connectivity index (χ3n) is 2.30. The molecular formula is C12H12FN3O4. The first-order valence-electron chi connectivity index (χ1n) is 5.80. The topological polar surface area (TPSA) is 86.5 Å². The summed E-state index contributed by atoms with van der Waals surface area (Å²) in [6, 6.07) is 3.96. The largest absolute Gasteiger partial charge is 0.464 e. The lowest BCUT2D eigenvalue weighted by molar-refractivity contribution is -0.145. The number of ether oxygens (including phenoxy) is 2. The van der Waals surface area contributed by atoms with Gasteiger partial charge in [0.25, 0.3) is 0 Å². The highest BCUT2D eigenvalue weighted by molar-refractivity contribution is 5.71. The van der Waals surface area contributed by atoms with E-state index < -0.39 is 11.8 Å². The number of hydrogen-bond donors (Lipinski definition) is 1. The zero-order valence-electron chi connectivity index (χ0n) is 10.6. The van der Waals surface area contributed by atoms with Crippen LogP contribution < -0.4 is 4.74 Å². The van der Waals surface area contributed by atoms with Gasteiger partial charge in [-0.3, -0.25) is 4.98 Å². The summed E-state index contributed by atoms with van der Waals surface area (Å²) in [5.74, 6) is -1.00. The molecule has 2 rings (SSSR count). The van der Waals surface area contributed by atoms with Crippen LogP contribution in [0.1, 0.15) is 6.92 Å². The number of hydrogen-bond acceptors (Lipinski definition) is 6. The summed E-state index contributed by atoms with van der Waals surface area (Å²) in [5, 5.41) is 13.2. The van der Waals surface area contributed by atoms with Gasteiger partial charge in [0.1, 0.15) is 11.5 Å². The van der Waals surface area contributed by atoms with Crippen molar-refractivity contribution < 1.29 is 23.9 Å². The Kier molecular flexibility index (Phi) is 4.14. The minimum absolute atomic E-state index is 0.0293. The quantitative estimate of drug-likeness (QED) is 0.656. The number of carbonyl (C=O) groups is 1. The molecule has 0 aromatic carbocycles. The fraction of sp³-hybridized carbons (Fsp3) is 0.250. The number of aromatic nitrogens is 3. The molecule has 0 saturated heterocycles. The first-order chi connectivity index (χ1) is 9.60. The molecule has 2 aromatic heterocycles. The number of pyridine rings is 1. The number of halogens is 1. The highest BCUT2D eigenvalue weighted by atomic mass is 19.1. The summed E-state index contributed by atoms with van der Waals surface area (Å²) in [5.41, 5.74) is 0.524. The van der Waals surface area contributed by atoms with E-state index in [1.165, 1.54) is 18.2 Å². The Balaban J connectivity index is 2.09. The van der Waals surface area contributed by atoms with Crippen LogP contribution in [-0.4, -0.2) is 39.3 Å². The van der Waals surface area contributed by atoms with Crippen molar-refractivity contribution in [1.29, 1.82) is 0 Å². The smallest absolute Gasteiger partial charge is 0.344 e. The summed E-state index contributed by atoms with van der Waals surface area (Å²) < 4.78 is 22.5. The summed E-state index contributed by atoms with van der Waals surface area (Å²) in [6.07, 6.45) is 1.02. The van der Waals surface area contributed by atoms with Crippen LogP contribution in [0.4, 0.5) is 4.39 Å². The molecule has 7 nitrogen and oxygen atoms in total. The zero-order valence-corrected chi connectivity index (χ0v) is 10.6. The molecule has 0 aliphatic carbocycles. The third kappa shape index (κ3) is 3.22. The molecule has 0 fully saturated rings. The van der Waals surface area contributed by atoms with E-state index in [1.54, 1.807) is 6.92 Å². The molecule has 0 spiro atoms. The molecule has 0 bridgehead atoms. The van der Waals surface area contributed by atoms with E-state index in [4.69, 9.17) is 4.74 Å². The van der Waals surface area contributed by atoms with E-state index in [0.29, 0.717) is 10.5 Å². The van der Waals surface area contributed by atoms with E-state index >= 15 is 0 Å². The van der Waals surface area contributed by atoms with Crippen LogP contribution in [0, 0.1) is 5.82 Å². The highest BCUT2D eigenvalue weighted by Gasteiger charge is 2.13. The maximum absolute atomic E-state index is 12.8. The number of rotatable bonds is 5. The lowest BCUT2D eigenvalue weighted by atomic mass is 10.3. The molecule has 1 N–H and O–H groups in total. The first-order valence-corrected chi connectivity index (χ1v) is 5.80. The zero-order chi connectivity index (χ0) is 14.5. The Bertz CT molecular complexity index is 597. The Morgan fingerprint density at radius 1 is 1.50 bits per heavy atom. The van der Waals surface area contributed by atoms with Gasteiger partial charge in [-0.25, -0.2) is 9.18 Å². The Morgan fingerprint density at radius 2 is 2.30 bits per heavy atom. The molecule has 106 valence electrons. The monoisotopic (exact) mass is 281 g/mol. The molecule has 0 amide bonds. The van der Waals surface area contributed by atoms with E-state index in [1.807, 2.05) is 0 Å². The second kappa shape index (κ2) is 6.00. The first kappa shape index (κ1) is 13.8. The predicted octanol–water partition coefficient (Wildman–Crippen LogP) is 1.26. The van der Waals surface area contributed by atoms with Gasteiger partial charge in [-0.2, -0.15) is 0 Å². The summed E-state index contributed by atoms with van der Waals surface area (Å²) in [6.45, 7) is 1.61. The molecule has 0 saturated carbocycles. The molecular weight excluding hydrogens is 269 g/mol. The van der Waals surface area contributed by atoms with E-state index in [9.17, 15) is 14.4 Å². The molecule has 2 aromatic rings. The van der Waals surface area contributed by atoms with Crippen molar-refractivity contribution in [2.45, 2.75) is 6.92 Å². The number of nitrogens with zero attached hydrogens (tertiary/aromatic N) is 3. The molecule has 0 atom stereocenters. The summed E-state index contributed by atoms with van der Waals surface area (Å²) >= 11 is 0. The average Bonchev–Trinajstić information content (AvgIpc) is 2.79. The van der Waals surface area contributed by atoms with Crippen molar-refractivity contribution in [3.63, 3.8) is 0 Å². The van der Waals surface area contributed by atoms with Crippen molar-refractivity contribution in [3.05, 3.63) is 30.2 Å². The standard InChI is InChI=1S/C12H12FN3O4/c1-2-19-12(17)7-20-11-5-10(16(18)15-11)9-4-3-8(13)6-14-9/h3-6,18H,2,7H2,1H3. The molecule has 20 heavy (non-hydrogen) atoms. The third-order valence-corrected chi connectivity index (χ3v) is 2.30. The van der Waals surface area contributed by atoms with Gasteiger partial charge in [0.2, 0.25) is 5.88 Å². The second-order valence-electron chi connectivity index (χ2n) is 3.71.